The first-order chi connectivity index (χ1) is 13.5. The molecule has 1 unspecified atom stereocenters. The number of hydrogen-bond acceptors (Lipinski definition) is 6. The highest BCUT2D eigenvalue weighted by molar-refractivity contribution is 7.85. The Kier molecular flexibility index (Phi) is 4.76. The molecule has 0 fully saturated rings. The second-order valence-corrected chi connectivity index (χ2v) is 7.58. The zero-order valence-electron chi connectivity index (χ0n) is 14.1. The minimum absolute atomic E-state index is 0.199. The molecule has 28 heavy (non-hydrogen) atoms. The lowest BCUT2D eigenvalue weighted by molar-refractivity contribution is 0.103. The molecule has 0 aliphatic heterocycles. The lowest BCUT2D eigenvalue weighted by Crippen LogP contribution is -2.02. The molecule has 3 N–H and O–H groups in total. The van der Waals surface area contributed by atoms with Crippen molar-refractivity contribution in [2.45, 2.75) is 9.92 Å². The average Bonchev–Trinajstić information content (AvgIpc) is 3.36. The fourth-order valence-electron chi connectivity index (χ4n) is 2.72. The van der Waals surface area contributed by atoms with E-state index in [0.29, 0.717) is 20.8 Å². The number of allylic oxidation sites excluding steroid dienone is 1. The predicted octanol–water partition coefficient (Wildman–Crippen LogP) is 3.28. The molecule has 140 valence electrons. The number of nitrogens with one attached hydrogen (secondary N) is 2. The van der Waals surface area contributed by atoms with Gasteiger partial charge in [-0.25, -0.2) is 4.21 Å². The summed E-state index contributed by atoms with van der Waals surface area (Å²) in [4.78, 5) is 15.8. The van der Waals surface area contributed by atoms with Crippen LogP contribution in [0.1, 0.15) is 16.2 Å². The van der Waals surface area contributed by atoms with Crippen LogP contribution in [0.4, 0.5) is 0 Å². The van der Waals surface area contributed by atoms with Crippen molar-refractivity contribution in [1.29, 1.82) is 0 Å². The topological polar surface area (TPSA) is 125 Å². The molecule has 0 saturated heterocycles. The third-order valence-electron chi connectivity index (χ3n) is 3.96. The summed E-state index contributed by atoms with van der Waals surface area (Å²) in [6.45, 7) is 0. The number of ketones is 1. The summed E-state index contributed by atoms with van der Waals surface area (Å²) in [6.07, 6.45) is 0.958. The number of H-pyrrole nitrogens is 2. The highest BCUT2D eigenvalue weighted by Crippen LogP contribution is 2.33. The molecular weight excluding hydrogens is 402 g/mol. The van der Waals surface area contributed by atoms with Gasteiger partial charge in [0.15, 0.2) is 0 Å². The van der Waals surface area contributed by atoms with Crippen molar-refractivity contribution >= 4 is 44.8 Å². The van der Waals surface area contributed by atoms with Crippen LogP contribution in [0, 0.1) is 0 Å². The molecule has 2 heterocycles. The maximum absolute atomic E-state index is 13.1. The number of halogens is 1. The monoisotopic (exact) mass is 413 g/mol. The van der Waals surface area contributed by atoms with E-state index >= 15 is 0 Å². The molecule has 0 amide bonds. The largest absolute Gasteiger partial charge is 0.507 e. The maximum Gasteiger partial charge on any atom is 0.244 e. The van der Waals surface area contributed by atoms with Crippen molar-refractivity contribution in [1.82, 2.24) is 25.6 Å². The van der Waals surface area contributed by atoms with Crippen molar-refractivity contribution in [2.75, 3.05) is 0 Å². The Balaban J connectivity index is 1.89. The van der Waals surface area contributed by atoms with E-state index in [1.165, 1.54) is 0 Å². The average molecular weight is 414 g/mol. The van der Waals surface area contributed by atoms with Gasteiger partial charge in [-0.2, -0.15) is 5.21 Å². The van der Waals surface area contributed by atoms with Crippen LogP contribution in [-0.2, 0) is 10.8 Å². The molecule has 4 aromatic rings. The van der Waals surface area contributed by atoms with Crippen LogP contribution in [0.15, 0.2) is 64.5 Å². The van der Waals surface area contributed by atoms with Gasteiger partial charge in [0.25, 0.3) is 0 Å². The van der Waals surface area contributed by atoms with Crippen molar-refractivity contribution in [2.24, 2.45) is 0 Å². The summed E-state index contributed by atoms with van der Waals surface area (Å²) in [5, 5.41) is 24.6. The van der Waals surface area contributed by atoms with Gasteiger partial charge in [0.1, 0.15) is 21.6 Å². The Morgan fingerprint density at radius 3 is 2.68 bits per heavy atom. The van der Waals surface area contributed by atoms with Crippen LogP contribution in [-0.4, -0.2) is 40.7 Å². The van der Waals surface area contributed by atoms with E-state index in [0.717, 1.165) is 6.08 Å². The molecular formula is C18H12ClN5O3S. The fourth-order valence-corrected chi connectivity index (χ4v) is 4.14. The summed E-state index contributed by atoms with van der Waals surface area (Å²) in [5.74, 6) is -1.24. The van der Waals surface area contributed by atoms with Gasteiger partial charge in [0.05, 0.1) is 5.56 Å². The molecule has 4 rings (SSSR count). The number of aromatic amines is 2. The van der Waals surface area contributed by atoms with Gasteiger partial charge in [0, 0.05) is 26.9 Å². The number of rotatable bonds is 5. The number of hydrogen-bond donors (Lipinski definition) is 3. The van der Waals surface area contributed by atoms with Gasteiger partial charge in [0.2, 0.25) is 11.6 Å². The SMILES string of the molecule is O=C(/C=C(/O)c1c(S(=O)c2ccccc2)[nH]c2ccc(Cl)cc12)c1nn[nH]n1. The van der Waals surface area contributed by atoms with Crippen LogP contribution < -0.4 is 0 Å². The van der Waals surface area contributed by atoms with Crippen molar-refractivity contribution in [3.63, 3.8) is 0 Å². The molecule has 0 saturated carbocycles. The summed E-state index contributed by atoms with van der Waals surface area (Å²) in [7, 11) is -1.63. The molecule has 10 heteroatoms. The number of aliphatic hydroxyl groups is 1. The molecule has 0 bridgehead atoms. The van der Waals surface area contributed by atoms with E-state index < -0.39 is 16.6 Å². The van der Waals surface area contributed by atoms with Crippen LogP contribution in [0.25, 0.3) is 16.7 Å². The minimum atomic E-state index is -1.63. The van der Waals surface area contributed by atoms with E-state index in [4.69, 9.17) is 11.6 Å². The Morgan fingerprint density at radius 1 is 1.18 bits per heavy atom. The lowest BCUT2D eigenvalue weighted by atomic mass is 10.1. The van der Waals surface area contributed by atoms with Gasteiger partial charge >= 0.3 is 0 Å². The number of benzene rings is 2. The summed E-state index contributed by atoms with van der Waals surface area (Å²) < 4.78 is 13.1. The quantitative estimate of drug-likeness (QED) is 0.262. The Hall–Kier alpha value is -3.30. The zero-order valence-corrected chi connectivity index (χ0v) is 15.7. The van der Waals surface area contributed by atoms with E-state index in [2.05, 4.69) is 25.6 Å². The lowest BCUT2D eigenvalue weighted by Gasteiger charge is -2.05. The third kappa shape index (κ3) is 3.32. The number of carbonyl (C=O) groups excluding carboxylic acids is 1. The van der Waals surface area contributed by atoms with Crippen molar-refractivity contribution < 1.29 is 14.1 Å². The van der Waals surface area contributed by atoms with Crippen molar-refractivity contribution in [3.05, 3.63) is 71.0 Å². The molecule has 0 aliphatic carbocycles. The second kappa shape index (κ2) is 7.37. The van der Waals surface area contributed by atoms with E-state index in [1.807, 2.05) is 6.07 Å². The first kappa shape index (κ1) is 18.1. The van der Waals surface area contributed by atoms with Gasteiger partial charge < -0.3 is 10.1 Å². The van der Waals surface area contributed by atoms with E-state index in [1.54, 1.807) is 42.5 Å². The Labute approximate surface area is 165 Å². The normalized spacial score (nSPS) is 13.0. The summed E-state index contributed by atoms with van der Waals surface area (Å²) >= 11 is 6.10. The first-order valence-corrected chi connectivity index (χ1v) is 9.54. The Morgan fingerprint density at radius 2 is 1.96 bits per heavy atom. The number of carbonyl (C=O) groups is 1. The first-order valence-electron chi connectivity index (χ1n) is 8.01. The van der Waals surface area contributed by atoms with Gasteiger partial charge in [-0.15, -0.1) is 10.2 Å². The second-order valence-electron chi connectivity index (χ2n) is 5.73. The van der Waals surface area contributed by atoms with Crippen LogP contribution in [0.3, 0.4) is 0 Å². The fraction of sp³-hybridized carbons (Fsp3) is 0. The zero-order chi connectivity index (χ0) is 19.7. The predicted molar refractivity (Wildman–Crippen MR) is 104 cm³/mol. The molecule has 8 nitrogen and oxygen atoms in total. The standard InChI is InChI=1S/C18H12ClN5O3S/c19-10-6-7-13-12(8-10)16(14(25)9-15(26)17-21-23-24-22-17)18(20-13)28(27)11-4-2-1-3-5-11/h1-9,20,25H,(H,21,22,23,24)/b14-9+. The summed E-state index contributed by atoms with van der Waals surface area (Å²) in [6, 6.07) is 13.8. The molecule has 0 spiro atoms. The molecule has 1 atom stereocenters. The summed E-state index contributed by atoms with van der Waals surface area (Å²) in [5.41, 5.74) is 0.835. The molecule has 0 aliphatic rings. The van der Waals surface area contributed by atoms with Crippen molar-refractivity contribution in [3.8, 4) is 0 Å². The Bertz CT molecular complexity index is 1220. The number of aromatic nitrogens is 5. The molecule has 2 aromatic heterocycles. The molecule has 0 radical (unpaired) electrons. The van der Waals surface area contributed by atoms with Gasteiger partial charge in [-0.1, -0.05) is 29.8 Å². The van der Waals surface area contributed by atoms with Crippen LogP contribution in [0.5, 0.6) is 0 Å². The minimum Gasteiger partial charge on any atom is -0.507 e. The number of tetrazole rings is 1. The highest BCUT2D eigenvalue weighted by Gasteiger charge is 2.22. The smallest absolute Gasteiger partial charge is 0.244 e. The number of fused-ring (bicyclic) bond motifs is 1. The van der Waals surface area contributed by atoms with E-state index in [-0.39, 0.29) is 22.2 Å². The number of aliphatic hydroxyl groups excluding tert-OH is 1. The maximum atomic E-state index is 13.1. The number of nitrogens with zero attached hydrogens (tertiary/aromatic N) is 3. The highest BCUT2D eigenvalue weighted by atomic mass is 35.5. The van der Waals surface area contributed by atoms with E-state index in [9.17, 15) is 14.1 Å². The van der Waals surface area contributed by atoms with Gasteiger partial charge in [-0.05, 0) is 35.5 Å². The molecule has 2 aromatic carbocycles. The van der Waals surface area contributed by atoms with Crippen LogP contribution in [0.2, 0.25) is 5.02 Å². The van der Waals surface area contributed by atoms with Gasteiger partial charge in [-0.3, -0.25) is 4.79 Å². The third-order valence-corrected chi connectivity index (χ3v) is 5.57. The van der Waals surface area contributed by atoms with Crippen LogP contribution >= 0.6 is 11.6 Å².